The van der Waals surface area contributed by atoms with Crippen LogP contribution in [0.15, 0.2) is 18.6 Å². The van der Waals surface area contributed by atoms with Crippen molar-refractivity contribution >= 4 is 17.4 Å². The predicted molar refractivity (Wildman–Crippen MR) is 57.7 cm³/mol. The van der Waals surface area contributed by atoms with E-state index < -0.39 is 0 Å². The Morgan fingerprint density at radius 1 is 1.47 bits per heavy atom. The number of imidazole rings is 1. The van der Waals surface area contributed by atoms with Gasteiger partial charge < -0.3 is 10.3 Å². The molecular formula is C9H10ClN5. The number of aromatic amines is 1. The lowest BCUT2D eigenvalue weighted by Gasteiger charge is -2.06. The maximum atomic E-state index is 5.69. The summed E-state index contributed by atoms with van der Waals surface area (Å²) in [5, 5.41) is 3.37. The zero-order chi connectivity index (χ0) is 10.7. The van der Waals surface area contributed by atoms with Crippen molar-refractivity contribution in [1.29, 1.82) is 0 Å². The molecule has 0 radical (unpaired) electrons. The number of H-pyrrole nitrogens is 1. The first-order valence-corrected chi connectivity index (χ1v) is 4.85. The molecule has 0 bridgehead atoms. The van der Waals surface area contributed by atoms with Crippen molar-refractivity contribution < 1.29 is 0 Å². The number of anilines is 1. The molecule has 0 saturated carbocycles. The summed E-state index contributed by atoms with van der Waals surface area (Å²) in [5.74, 6) is 1.58. The maximum absolute atomic E-state index is 5.69. The number of halogens is 1. The van der Waals surface area contributed by atoms with Crippen LogP contribution in [-0.4, -0.2) is 19.9 Å². The summed E-state index contributed by atoms with van der Waals surface area (Å²) in [6.07, 6.45) is 5.16. The highest BCUT2D eigenvalue weighted by Gasteiger charge is 2.02. The molecule has 0 atom stereocenters. The molecule has 0 aliphatic rings. The third kappa shape index (κ3) is 2.44. The quantitative estimate of drug-likeness (QED) is 0.779. The van der Waals surface area contributed by atoms with Gasteiger partial charge in [0.1, 0.15) is 11.6 Å². The van der Waals surface area contributed by atoms with Gasteiger partial charge in [-0.2, -0.15) is 0 Å². The van der Waals surface area contributed by atoms with Crippen LogP contribution in [0.1, 0.15) is 11.4 Å². The maximum Gasteiger partial charge on any atom is 0.224 e. The Bertz CT molecular complexity index is 440. The van der Waals surface area contributed by atoms with Gasteiger partial charge in [-0.3, -0.25) is 0 Å². The van der Waals surface area contributed by atoms with Crippen LogP contribution < -0.4 is 5.32 Å². The minimum Gasteiger partial charge on any atom is -0.362 e. The molecule has 0 fully saturated rings. The topological polar surface area (TPSA) is 66.5 Å². The molecule has 5 nitrogen and oxygen atoms in total. The fraction of sp³-hybridized carbons (Fsp3) is 0.222. The average molecular weight is 224 g/mol. The Balaban J connectivity index is 2.07. The van der Waals surface area contributed by atoms with Crippen LogP contribution >= 0.6 is 11.6 Å². The fourth-order valence-electron chi connectivity index (χ4n) is 1.16. The van der Waals surface area contributed by atoms with Gasteiger partial charge in [0.25, 0.3) is 0 Å². The first kappa shape index (κ1) is 9.92. The van der Waals surface area contributed by atoms with Gasteiger partial charge in [0.15, 0.2) is 0 Å². The van der Waals surface area contributed by atoms with E-state index in [1.54, 1.807) is 18.6 Å². The lowest BCUT2D eigenvalue weighted by atomic mass is 10.3. The molecule has 2 aromatic heterocycles. The van der Waals surface area contributed by atoms with E-state index in [1.165, 1.54) is 0 Å². The summed E-state index contributed by atoms with van der Waals surface area (Å²) in [7, 11) is 0. The molecule has 15 heavy (non-hydrogen) atoms. The average Bonchev–Trinajstić information content (AvgIpc) is 2.72. The number of aromatic nitrogens is 4. The molecule has 6 heteroatoms. The zero-order valence-electron chi connectivity index (χ0n) is 8.16. The largest absolute Gasteiger partial charge is 0.362 e. The van der Waals surface area contributed by atoms with E-state index >= 15 is 0 Å². The highest BCUT2D eigenvalue weighted by atomic mass is 35.5. The Labute approximate surface area is 91.9 Å². The van der Waals surface area contributed by atoms with Crippen LogP contribution in [0.25, 0.3) is 0 Å². The summed E-state index contributed by atoms with van der Waals surface area (Å²) >= 11 is 5.69. The van der Waals surface area contributed by atoms with Gasteiger partial charge in [-0.15, -0.1) is 0 Å². The van der Waals surface area contributed by atoms with Crippen LogP contribution in [-0.2, 0) is 6.54 Å². The van der Waals surface area contributed by atoms with Crippen molar-refractivity contribution in [2.45, 2.75) is 13.5 Å². The van der Waals surface area contributed by atoms with Crippen molar-refractivity contribution in [1.82, 2.24) is 19.9 Å². The Hall–Kier alpha value is -1.62. The van der Waals surface area contributed by atoms with Crippen LogP contribution in [0.2, 0.25) is 5.28 Å². The Morgan fingerprint density at radius 2 is 2.33 bits per heavy atom. The monoisotopic (exact) mass is 223 g/mol. The number of rotatable bonds is 3. The number of aryl methyl sites for hydroxylation is 1. The van der Waals surface area contributed by atoms with Gasteiger partial charge in [-0.25, -0.2) is 15.0 Å². The van der Waals surface area contributed by atoms with Gasteiger partial charge in [0, 0.05) is 24.2 Å². The zero-order valence-corrected chi connectivity index (χ0v) is 8.91. The minimum atomic E-state index is 0.238. The second-order valence-corrected chi connectivity index (χ2v) is 3.40. The standard InChI is InChI=1S/C9H10ClN5/c1-6-4-14-9(10)15-8(6)13-5-7-11-2-3-12-7/h2-4H,5H2,1H3,(H,11,12)(H,13,14,15). The third-order valence-electron chi connectivity index (χ3n) is 1.92. The first-order chi connectivity index (χ1) is 7.25. The SMILES string of the molecule is Cc1cnc(Cl)nc1NCc1ncc[nH]1. The molecule has 0 spiro atoms. The van der Waals surface area contributed by atoms with Gasteiger partial charge in [-0.1, -0.05) is 0 Å². The summed E-state index contributed by atoms with van der Waals surface area (Å²) in [4.78, 5) is 15.0. The van der Waals surface area contributed by atoms with Gasteiger partial charge >= 0.3 is 0 Å². The lowest BCUT2D eigenvalue weighted by molar-refractivity contribution is 0.976. The highest BCUT2D eigenvalue weighted by Crippen LogP contribution is 2.12. The normalized spacial score (nSPS) is 10.3. The van der Waals surface area contributed by atoms with Gasteiger partial charge in [-0.05, 0) is 18.5 Å². The molecule has 2 N–H and O–H groups in total. The minimum absolute atomic E-state index is 0.238. The van der Waals surface area contributed by atoms with E-state index in [9.17, 15) is 0 Å². The van der Waals surface area contributed by atoms with Crippen molar-refractivity contribution in [3.8, 4) is 0 Å². The van der Waals surface area contributed by atoms with E-state index in [0.29, 0.717) is 6.54 Å². The number of nitrogens with one attached hydrogen (secondary N) is 2. The summed E-state index contributed by atoms with van der Waals surface area (Å²) in [6, 6.07) is 0. The van der Waals surface area contributed by atoms with Crippen molar-refractivity contribution in [2.24, 2.45) is 0 Å². The van der Waals surface area contributed by atoms with E-state index in [4.69, 9.17) is 11.6 Å². The molecule has 0 amide bonds. The fourth-order valence-corrected chi connectivity index (χ4v) is 1.29. The van der Waals surface area contributed by atoms with Gasteiger partial charge in [0.05, 0.1) is 6.54 Å². The van der Waals surface area contributed by atoms with E-state index in [-0.39, 0.29) is 5.28 Å². The smallest absolute Gasteiger partial charge is 0.224 e. The molecular weight excluding hydrogens is 214 g/mol. The lowest BCUT2D eigenvalue weighted by Crippen LogP contribution is -2.05. The van der Waals surface area contributed by atoms with E-state index in [1.807, 2.05) is 6.92 Å². The third-order valence-corrected chi connectivity index (χ3v) is 2.10. The van der Waals surface area contributed by atoms with Crippen LogP contribution in [0, 0.1) is 6.92 Å². The summed E-state index contributed by atoms with van der Waals surface area (Å²) in [5.41, 5.74) is 0.950. The van der Waals surface area contributed by atoms with Crippen molar-refractivity contribution in [3.05, 3.63) is 35.3 Å². The molecule has 0 aliphatic heterocycles. The van der Waals surface area contributed by atoms with Crippen molar-refractivity contribution in [3.63, 3.8) is 0 Å². The van der Waals surface area contributed by atoms with Gasteiger partial charge in [0.2, 0.25) is 5.28 Å². The number of nitrogens with zero attached hydrogens (tertiary/aromatic N) is 3. The molecule has 0 aromatic carbocycles. The highest BCUT2D eigenvalue weighted by molar-refractivity contribution is 6.28. The Kier molecular flexibility index (Phi) is 2.82. The van der Waals surface area contributed by atoms with Crippen LogP contribution in [0.3, 0.4) is 0 Å². The predicted octanol–water partition coefficient (Wildman–Crippen LogP) is 1.77. The van der Waals surface area contributed by atoms with E-state index in [0.717, 1.165) is 17.2 Å². The first-order valence-electron chi connectivity index (χ1n) is 4.47. The number of hydrogen-bond acceptors (Lipinski definition) is 4. The summed E-state index contributed by atoms with van der Waals surface area (Å²) < 4.78 is 0. The molecule has 0 saturated heterocycles. The van der Waals surface area contributed by atoms with Crippen LogP contribution in [0.5, 0.6) is 0 Å². The molecule has 0 unspecified atom stereocenters. The van der Waals surface area contributed by atoms with Crippen molar-refractivity contribution in [2.75, 3.05) is 5.32 Å². The molecule has 78 valence electrons. The second-order valence-electron chi connectivity index (χ2n) is 3.06. The number of hydrogen-bond donors (Lipinski definition) is 2. The second kappa shape index (κ2) is 4.27. The summed E-state index contributed by atoms with van der Waals surface area (Å²) in [6.45, 7) is 2.50. The van der Waals surface area contributed by atoms with E-state index in [2.05, 4.69) is 25.3 Å². The molecule has 2 rings (SSSR count). The molecule has 2 heterocycles. The Morgan fingerprint density at radius 3 is 3.07 bits per heavy atom. The molecule has 2 aromatic rings. The van der Waals surface area contributed by atoms with Crippen LogP contribution in [0.4, 0.5) is 5.82 Å². The molecule has 0 aliphatic carbocycles.